The number of aliphatic carboxylic acids is 1. The summed E-state index contributed by atoms with van der Waals surface area (Å²) < 4.78 is 0. The molecule has 13 nitrogen and oxygen atoms in total. The first-order valence-corrected chi connectivity index (χ1v) is 8.02. The van der Waals surface area contributed by atoms with Crippen LogP contribution in [0.1, 0.15) is 13.3 Å². The van der Waals surface area contributed by atoms with Crippen LogP contribution in [0.2, 0.25) is 0 Å². The van der Waals surface area contributed by atoms with Gasteiger partial charge in [0.2, 0.25) is 5.91 Å². The number of aliphatic hydroxyl groups is 2. The second kappa shape index (κ2) is 11.2. The van der Waals surface area contributed by atoms with Crippen LogP contribution in [0.25, 0.3) is 0 Å². The number of aliphatic hydroxyl groups excluding tert-OH is 2. The van der Waals surface area contributed by atoms with E-state index in [1.165, 1.54) is 14.0 Å². The largest absolute Gasteiger partial charge is 0.480 e. The fourth-order valence-electron chi connectivity index (χ4n) is 1.68. The number of rotatable bonds is 9. The number of nitrogens with two attached hydrogens (primary N) is 2. The normalized spacial score (nSPS) is 14.9. The van der Waals surface area contributed by atoms with Gasteiger partial charge in [0.25, 0.3) is 5.91 Å². The number of amides is 4. The number of nitrogens with one attached hydrogen (secondary N) is 3. The number of hydrogen-bond acceptors (Lipinski definition) is 8. The zero-order chi connectivity index (χ0) is 21.3. The van der Waals surface area contributed by atoms with Crippen LogP contribution in [0.4, 0.5) is 4.79 Å². The molecule has 0 rings (SSSR count). The van der Waals surface area contributed by atoms with Crippen molar-refractivity contribution in [2.45, 2.75) is 37.6 Å². The van der Waals surface area contributed by atoms with Crippen molar-refractivity contribution in [3.05, 3.63) is 0 Å². The van der Waals surface area contributed by atoms with Gasteiger partial charge in [-0.3, -0.25) is 20.0 Å². The van der Waals surface area contributed by atoms with Crippen LogP contribution in [0.3, 0.4) is 0 Å². The molecule has 154 valence electrons. The minimum atomic E-state index is -1.57. The molecule has 4 amide bonds. The third-order valence-corrected chi connectivity index (χ3v) is 3.60. The topological polar surface area (TPSA) is 220 Å². The number of hydrogen-bond donors (Lipinski definition) is 8. The zero-order valence-electron chi connectivity index (χ0n) is 14.7. The number of carboxylic acids is 1. The van der Waals surface area contributed by atoms with Gasteiger partial charge in [0.1, 0.15) is 11.0 Å². The number of hydrazine groups is 1. The molecule has 0 bridgehead atoms. The Morgan fingerprint density at radius 2 is 1.70 bits per heavy atom. The quantitative estimate of drug-likeness (QED) is 0.136. The van der Waals surface area contributed by atoms with E-state index in [1.54, 1.807) is 0 Å². The number of thiocarbonyl (C=S) groups is 1. The molecule has 0 aromatic rings. The molecule has 14 heteroatoms. The molecule has 0 saturated carbocycles. The fourth-order valence-corrected chi connectivity index (χ4v) is 1.96. The third-order valence-electron chi connectivity index (χ3n) is 3.23. The first kappa shape index (κ1) is 24.5. The average molecular weight is 408 g/mol. The van der Waals surface area contributed by atoms with E-state index in [0.29, 0.717) is 0 Å². The van der Waals surface area contributed by atoms with E-state index in [4.69, 9.17) is 33.9 Å². The van der Waals surface area contributed by atoms with Crippen LogP contribution in [0.15, 0.2) is 0 Å². The van der Waals surface area contributed by atoms with Crippen LogP contribution in [-0.2, 0) is 14.4 Å². The van der Waals surface area contributed by atoms with Crippen molar-refractivity contribution in [3.63, 3.8) is 0 Å². The molecule has 0 saturated heterocycles. The molecular formula is C13H24N6O7S. The lowest BCUT2D eigenvalue weighted by molar-refractivity contribution is -0.140. The molecule has 27 heavy (non-hydrogen) atoms. The van der Waals surface area contributed by atoms with Gasteiger partial charge in [-0.05, 0) is 6.92 Å². The molecule has 10 N–H and O–H groups in total. The minimum absolute atomic E-state index is 0.200. The Labute approximate surface area is 160 Å². The monoisotopic (exact) mass is 408 g/mol. The van der Waals surface area contributed by atoms with Crippen molar-refractivity contribution in [3.8, 4) is 0 Å². The molecule has 0 aromatic carbocycles. The molecular weight excluding hydrogens is 384 g/mol. The van der Waals surface area contributed by atoms with E-state index >= 15 is 0 Å². The third kappa shape index (κ3) is 8.59. The zero-order valence-corrected chi connectivity index (χ0v) is 15.5. The van der Waals surface area contributed by atoms with E-state index < -0.39 is 61.1 Å². The maximum absolute atomic E-state index is 12.0. The Morgan fingerprint density at radius 3 is 2.11 bits per heavy atom. The summed E-state index contributed by atoms with van der Waals surface area (Å²) in [6.45, 7) is 0.455. The highest BCUT2D eigenvalue weighted by Gasteiger charge is 2.27. The Bertz CT molecular complexity index is 588. The van der Waals surface area contributed by atoms with Crippen molar-refractivity contribution >= 4 is 41.0 Å². The van der Waals surface area contributed by atoms with Gasteiger partial charge < -0.3 is 37.4 Å². The predicted octanol–water partition coefficient (Wildman–Crippen LogP) is -4.03. The highest BCUT2D eigenvalue weighted by molar-refractivity contribution is 7.80. The molecule has 0 aromatic heterocycles. The van der Waals surface area contributed by atoms with E-state index in [1.807, 2.05) is 5.32 Å². The van der Waals surface area contributed by atoms with Crippen molar-refractivity contribution in [2.24, 2.45) is 11.5 Å². The van der Waals surface area contributed by atoms with E-state index in [9.17, 15) is 24.3 Å². The summed E-state index contributed by atoms with van der Waals surface area (Å²) in [5.41, 5.74) is 13.0. The van der Waals surface area contributed by atoms with Crippen molar-refractivity contribution in [1.82, 2.24) is 21.1 Å². The highest BCUT2D eigenvalue weighted by atomic mass is 32.1. The molecule has 0 aliphatic carbocycles. The fraction of sp³-hybridized carbons (Fsp3) is 0.615. The van der Waals surface area contributed by atoms with Gasteiger partial charge in [-0.2, -0.15) is 0 Å². The van der Waals surface area contributed by atoms with Gasteiger partial charge in [-0.15, -0.1) is 0 Å². The summed E-state index contributed by atoms with van der Waals surface area (Å²) in [6.07, 6.45) is -1.59. The van der Waals surface area contributed by atoms with E-state index in [0.717, 1.165) is 5.01 Å². The van der Waals surface area contributed by atoms with Crippen LogP contribution in [-0.4, -0.2) is 87.0 Å². The second-order valence-corrected chi connectivity index (χ2v) is 5.99. The summed E-state index contributed by atoms with van der Waals surface area (Å²) in [7, 11) is 1.25. The summed E-state index contributed by atoms with van der Waals surface area (Å²) in [5.74, 6) is -3.03. The number of nitrogens with zero attached hydrogens (tertiary/aromatic N) is 1. The average Bonchev–Trinajstić information content (AvgIpc) is 2.56. The van der Waals surface area contributed by atoms with Crippen molar-refractivity contribution < 1.29 is 34.5 Å². The molecule has 0 fully saturated rings. The number of carbonyl (C=O) groups excluding carboxylic acids is 3. The maximum Gasteiger partial charge on any atom is 0.328 e. The van der Waals surface area contributed by atoms with Gasteiger partial charge in [0.05, 0.1) is 25.2 Å². The number of carbonyl (C=O) groups is 4. The van der Waals surface area contributed by atoms with E-state index in [2.05, 4.69) is 10.7 Å². The molecule has 4 atom stereocenters. The molecule has 0 heterocycles. The molecule has 0 aliphatic heterocycles. The number of primary amides is 1. The smallest absolute Gasteiger partial charge is 0.328 e. The van der Waals surface area contributed by atoms with Crippen LogP contribution < -0.4 is 27.5 Å². The predicted molar refractivity (Wildman–Crippen MR) is 95.9 cm³/mol. The Morgan fingerprint density at radius 1 is 1.19 bits per heavy atom. The standard InChI is InChI=1S/C13H24N6O7S/c1-5(21)9(15)11(23)19(2)18-10(27)6(3-8(14)22)16-13(26)17-7(4-20)12(24)25/h5-7,9,20-21H,3-4,15H2,1-2H3,(H2,14,22)(H,18,27)(H,24,25)(H2,16,17,26). The lowest BCUT2D eigenvalue weighted by Crippen LogP contribution is -2.59. The Balaban J connectivity index is 5.05. The van der Waals surface area contributed by atoms with Crippen LogP contribution in [0, 0.1) is 0 Å². The van der Waals surface area contributed by atoms with Crippen molar-refractivity contribution in [2.75, 3.05) is 13.7 Å². The first-order valence-electron chi connectivity index (χ1n) is 7.61. The van der Waals surface area contributed by atoms with Gasteiger partial charge in [-0.25, -0.2) is 9.59 Å². The van der Waals surface area contributed by atoms with Crippen LogP contribution >= 0.6 is 12.2 Å². The molecule has 0 aliphatic rings. The molecule has 4 unspecified atom stereocenters. The summed E-state index contributed by atoms with van der Waals surface area (Å²) in [6, 6.07) is -5.05. The summed E-state index contributed by atoms with van der Waals surface area (Å²) in [5, 5.41) is 32.1. The highest BCUT2D eigenvalue weighted by Crippen LogP contribution is 1.99. The lowest BCUT2D eigenvalue weighted by atomic mass is 10.2. The summed E-state index contributed by atoms with van der Waals surface area (Å²) >= 11 is 5.03. The number of urea groups is 1. The van der Waals surface area contributed by atoms with E-state index in [-0.39, 0.29) is 4.99 Å². The lowest BCUT2D eigenvalue weighted by Gasteiger charge is -2.27. The van der Waals surface area contributed by atoms with Gasteiger partial charge in [-0.1, -0.05) is 12.2 Å². The van der Waals surface area contributed by atoms with Crippen LogP contribution in [0.5, 0.6) is 0 Å². The molecule has 0 radical (unpaired) electrons. The van der Waals surface area contributed by atoms with Gasteiger partial charge in [0, 0.05) is 7.05 Å². The first-order chi connectivity index (χ1) is 12.4. The Hall–Kier alpha value is -2.55. The maximum atomic E-state index is 12.0. The SMILES string of the molecule is CC(O)C(N)C(=O)N(C)NC(=S)C(CC(N)=O)NC(=O)NC(CO)C(=O)O. The van der Waals surface area contributed by atoms with Gasteiger partial charge in [0.15, 0.2) is 6.04 Å². The van der Waals surface area contributed by atoms with Crippen molar-refractivity contribution in [1.29, 1.82) is 0 Å². The molecule has 0 spiro atoms. The second-order valence-electron chi connectivity index (χ2n) is 5.55. The Kier molecular flexibility index (Phi) is 10.2. The number of likely N-dealkylation sites (N-methyl/N-ethyl adjacent to an activating group) is 1. The minimum Gasteiger partial charge on any atom is -0.480 e. The van der Waals surface area contributed by atoms with Gasteiger partial charge >= 0.3 is 12.0 Å². The summed E-state index contributed by atoms with van der Waals surface area (Å²) in [4.78, 5) is 45.6. The number of carboxylic acid groups (broad SMARTS) is 1.